The highest BCUT2D eigenvalue weighted by atomic mass is 32.2. The van der Waals surface area contributed by atoms with Crippen molar-refractivity contribution in [1.29, 1.82) is 0 Å². The minimum atomic E-state index is -4.27. The topological polar surface area (TPSA) is 104 Å². The van der Waals surface area contributed by atoms with Gasteiger partial charge in [0.15, 0.2) is 0 Å². The molecule has 0 spiro atoms. The van der Waals surface area contributed by atoms with Crippen LogP contribution in [0.2, 0.25) is 0 Å². The first-order chi connectivity index (χ1) is 15.3. The molecule has 0 saturated carbocycles. The summed E-state index contributed by atoms with van der Waals surface area (Å²) in [7, 11) is -4.27. The van der Waals surface area contributed by atoms with Crippen molar-refractivity contribution < 1.29 is 13.0 Å². The second-order valence-electron chi connectivity index (χ2n) is 7.54. The number of aryl methyl sites for hydroxylation is 1. The number of azo groups is 1. The summed E-state index contributed by atoms with van der Waals surface area (Å²) in [5.74, 6) is 0. The van der Waals surface area contributed by atoms with Crippen molar-refractivity contribution in [2.45, 2.75) is 31.2 Å². The molecular weight excluding hydrogens is 444 g/mol. The zero-order valence-electron chi connectivity index (χ0n) is 17.6. The summed E-state index contributed by atoms with van der Waals surface area (Å²) in [6, 6.07) is 20.7. The minimum absolute atomic E-state index is 0.195. The molecule has 1 unspecified atom stereocenters. The Bertz CT molecular complexity index is 1380. The SMILES string of the molecule is Cc1cc(N=Nc2nc3cc(S(=O)(=O)O)ccc3s2)ccc1NC(C)Cc1ccccc1. The molecule has 164 valence electrons. The maximum absolute atomic E-state index is 11.3. The van der Waals surface area contributed by atoms with Crippen molar-refractivity contribution >= 4 is 48.2 Å². The van der Waals surface area contributed by atoms with Crippen molar-refractivity contribution in [3.05, 3.63) is 77.9 Å². The first kappa shape index (κ1) is 22.1. The summed E-state index contributed by atoms with van der Waals surface area (Å²) in [6.45, 7) is 4.17. The van der Waals surface area contributed by atoms with Gasteiger partial charge in [-0.05, 0) is 67.8 Å². The van der Waals surface area contributed by atoms with E-state index in [1.54, 1.807) is 6.07 Å². The van der Waals surface area contributed by atoms with Gasteiger partial charge in [0.1, 0.15) is 0 Å². The number of anilines is 1. The third-order valence-electron chi connectivity index (χ3n) is 4.89. The van der Waals surface area contributed by atoms with Gasteiger partial charge in [0, 0.05) is 11.7 Å². The summed E-state index contributed by atoms with van der Waals surface area (Å²) in [4.78, 5) is 4.10. The number of hydrogen-bond donors (Lipinski definition) is 2. The van der Waals surface area contributed by atoms with Crippen molar-refractivity contribution in [2.24, 2.45) is 10.2 Å². The van der Waals surface area contributed by atoms with E-state index in [0.29, 0.717) is 16.3 Å². The van der Waals surface area contributed by atoms with E-state index in [1.807, 2.05) is 43.3 Å². The lowest BCUT2D eigenvalue weighted by molar-refractivity contribution is 0.483. The van der Waals surface area contributed by atoms with Gasteiger partial charge >= 0.3 is 0 Å². The number of fused-ring (bicyclic) bond motifs is 1. The zero-order chi connectivity index (χ0) is 22.7. The summed E-state index contributed by atoms with van der Waals surface area (Å²) in [5.41, 5.74) is 4.53. The van der Waals surface area contributed by atoms with Gasteiger partial charge in [0.05, 0.1) is 20.8 Å². The molecule has 0 saturated heterocycles. The Morgan fingerprint density at radius 1 is 1.06 bits per heavy atom. The lowest BCUT2D eigenvalue weighted by atomic mass is 10.1. The lowest BCUT2D eigenvalue weighted by Crippen LogP contribution is -2.18. The number of rotatable bonds is 7. The van der Waals surface area contributed by atoms with E-state index in [2.05, 4.69) is 39.6 Å². The molecule has 7 nitrogen and oxygen atoms in total. The molecule has 9 heteroatoms. The average Bonchev–Trinajstić information content (AvgIpc) is 3.16. The molecule has 0 aliphatic heterocycles. The van der Waals surface area contributed by atoms with Gasteiger partial charge in [-0.2, -0.15) is 8.42 Å². The molecule has 0 aliphatic carbocycles. The van der Waals surface area contributed by atoms with Gasteiger partial charge in [0.25, 0.3) is 10.1 Å². The molecule has 32 heavy (non-hydrogen) atoms. The number of nitrogens with zero attached hydrogens (tertiary/aromatic N) is 3. The highest BCUT2D eigenvalue weighted by molar-refractivity contribution is 7.85. The van der Waals surface area contributed by atoms with Gasteiger partial charge < -0.3 is 5.32 Å². The van der Waals surface area contributed by atoms with Crippen LogP contribution in [0.15, 0.2) is 81.9 Å². The maximum atomic E-state index is 11.3. The molecule has 0 amide bonds. The highest BCUT2D eigenvalue weighted by Gasteiger charge is 2.12. The molecule has 4 aromatic rings. The van der Waals surface area contributed by atoms with Crippen LogP contribution in [-0.2, 0) is 16.5 Å². The molecule has 0 fully saturated rings. The molecule has 1 aromatic heterocycles. The van der Waals surface area contributed by atoms with E-state index in [0.717, 1.165) is 22.4 Å². The smallest absolute Gasteiger partial charge is 0.294 e. The van der Waals surface area contributed by atoms with Crippen LogP contribution < -0.4 is 5.32 Å². The van der Waals surface area contributed by atoms with Crippen LogP contribution in [0.3, 0.4) is 0 Å². The Morgan fingerprint density at radius 2 is 1.84 bits per heavy atom. The van der Waals surface area contributed by atoms with Gasteiger partial charge in [-0.15, -0.1) is 10.2 Å². The predicted octanol–water partition coefficient (Wildman–Crippen LogP) is 6.31. The Balaban J connectivity index is 1.46. The van der Waals surface area contributed by atoms with Crippen molar-refractivity contribution in [1.82, 2.24) is 4.98 Å². The molecule has 0 aliphatic rings. The van der Waals surface area contributed by atoms with E-state index in [-0.39, 0.29) is 10.9 Å². The number of aromatic nitrogens is 1. The molecule has 0 radical (unpaired) electrons. The van der Waals surface area contributed by atoms with E-state index >= 15 is 0 Å². The molecular formula is C23H22N4O3S2. The predicted molar refractivity (Wildman–Crippen MR) is 128 cm³/mol. The normalized spacial score (nSPS) is 13.0. The molecule has 4 rings (SSSR count). The number of hydrogen-bond acceptors (Lipinski definition) is 7. The number of thiazole rings is 1. The molecule has 3 aromatic carbocycles. The van der Waals surface area contributed by atoms with E-state index in [1.165, 1.54) is 29.0 Å². The highest BCUT2D eigenvalue weighted by Crippen LogP contribution is 2.31. The Kier molecular flexibility index (Phi) is 6.31. The molecule has 1 atom stereocenters. The summed E-state index contributed by atoms with van der Waals surface area (Å²) in [6.07, 6.45) is 0.929. The van der Waals surface area contributed by atoms with Crippen molar-refractivity contribution in [2.75, 3.05) is 5.32 Å². The van der Waals surface area contributed by atoms with Crippen LogP contribution in [0.5, 0.6) is 0 Å². The summed E-state index contributed by atoms with van der Waals surface area (Å²) in [5, 5.41) is 12.4. The van der Waals surface area contributed by atoms with Crippen LogP contribution in [0.4, 0.5) is 16.5 Å². The van der Waals surface area contributed by atoms with Crippen LogP contribution in [0, 0.1) is 6.92 Å². The van der Waals surface area contributed by atoms with Crippen LogP contribution in [-0.4, -0.2) is 24.0 Å². The summed E-state index contributed by atoms with van der Waals surface area (Å²) < 4.78 is 32.5. The van der Waals surface area contributed by atoms with E-state index < -0.39 is 10.1 Å². The monoisotopic (exact) mass is 466 g/mol. The second-order valence-corrected chi connectivity index (χ2v) is 9.97. The first-order valence-electron chi connectivity index (χ1n) is 9.99. The Labute approximate surface area is 190 Å². The van der Waals surface area contributed by atoms with Crippen molar-refractivity contribution in [3.63, 3.8) is 0 Å². The van der Waals surface area contributed by atoms with Crippen molar-refractivity contribution in [3.8, 4) is 0 Å². The van der Waals surface area contributed by atoms with Gasteiger partial charge in [-0.25, -0.2) is 4.98 Å². The third kappa shape index (κ3) is 5.37. The Morgan fingerprint density at radius 3 is 2.56 bits per heavy atom. The van der Waals surface area contributed by atoms with Gasteiger partial charge in [-0.3, -0.25) is 4.55 Å². The second kappa shape index (κ2) is 9.15. The number of benzene rings is 3. The van der Waals surface area contributed by atoms with Crippen LogP contribution in [0.25, 0.3) is 10.2 Å². The van der Waals surface area contributed by atoms with Crippen LogP contribution >= 0.6 is 11.3 Å². The summed E-state index contributed by atoms with van der Waals surface area (Å²) >= 11 is 1.29. The fourth-order valence-corrected chi connectivity index (χ4v) is 4.62. The van der Waals surface area contributed by atoms with E-state index in [4.69, 9.17) is 0 Å². The minimum Gasteiger partial charge on any atom is -0.382 e. The molecule has 1 heterocycles. The Hall–Kier alpha value is -3.14. The molecule has 2 N–H and O–H groups in total. The fourth-order valence-electron chi connectivity index (χ4n) is 3.35. The van der Waals surface area contributed by atoms with Gasteiger partial charge in [-0.1, -0.05) is 41.7 Å². The maximum Gasteiger partial charge on any atom is 0.294 e. The zero-order valence-corrected chi connectivity index (χ0v) is 19.2. The first-order valence-corrected chi connectivity index (χ1v) is 12.2. The largest absolute Gasteiger partial charge is 0.382 e. The lowest BCUT2D eigenvalue weighted by Gasteiger charge is -2.17. The number of nitrogens with one attached hydrogen (secondary N) is 1. The average molecular weight is 467 g/mol. The van der Waals surface area contributed by atoms with Gasteiger partial charge in [0.2, 0.25) is 5.13 Å². The van der Waals surface area contributed by atoms with Crippen LogP contribution in [0.1, 0.15) is 18.1 Å². The van der Waals surface area contributed by atoms with E-state index in [9.17, 15) is 13.0 Å². The standard InChI is InChI=1S/C23H22N4O3S2/c1-15-12-18(8-10-20(15)24-16(2)13-17-6-4-3-5-7-17)26-27-23-25-21-14-19(32(28,29)30)9-11-22(21)31-23/h3-12,14,16,24H,13H2,1-2H3,(H,28,29,30). The third-order valence-corrected chi connectivity index (χ3v) is 6.66. The quantitative estimate of drug-likeness (QED) is 0.245. The molecule has 0 bridgehead atoms. The fraction of sp³-hybridized carbons (Fsp3) is 0.174.